The highest BCUT2D eigenvalue weighted by atomic mass is 35.5. The van der Waals surface area contributed by atoms with Crippen molar-refractivity contribution in [3.05, 3.63) is 35.4 Å². The zero-order valence-corrected chi connectivity index (χ0v) is 14.0. The molecule has 2 aromatic rings. The first-order valence-corrected chi connectivity index (χ1v) is 8.21. The molecule has 0 aliphatic rings. The predicted molar refractivity (Wildman–Crippen MR) is 87.3 cm³/mol. The number of nitrogens with one attached hydrogen (secondary N) is 1. The quantitative estimate of drug-likeness (QED) is 0.580. The van der Waals surface area contributed by atoms with Crippen molar-refractivity contribution in [3.63, 3.8) is 0 Å². The fourth-order valence-electron chi connectivity index (χ4n) is 1.79. The maximum Gasteiger partial charge on any atom is 0.234 e. The van der Waals surface area contributed by atoms with Crippen LogP contribution in [0.3, 0.4) is 0 Å². The minimum absolute atomic E-state index is 0.0339. The van der Waals surface area contributed by atoms with E-state index in [9.17, 15) is 9.18 Å². The summed E-state index contributed by atoms with van der Waals surface area (Å²) in [5.74, 6) is -0.592. The van der Waals surface area contributed by atoms with Gasteiger partial charge < -0.3 is 14.6 Å². The van der Waals surface area contributed by atoms with Gasteiger partial charge in [-0.25, -0.2) is 4.39 Å². The van der Waals surface area contributed by atoms with Gasteiger partial charge in [0.05, 0.1) is 10.8 Å². The van der Waals surface area contributed by atoms with Crippen LogP contribution in [0.4, 0.5) is 10.1 Å². The number of aryl methyl sites for hydroxylation is 1. The summed E-state index contributed by atoms with van der Waals surface area (Å²) >= 11 is 6.95. The van der Waals surface area contributed by atoms with Gasteiger partial charge in [0, 0.05) is 25.9 Å². The minimum atomic E-state index is -0.525. The molecule has 0 radical (unpaired) electrons. The Morgan fingerprint density at radius 3 is 3.09 bits per heavy atom. The van der Waals surface area contributed by atoms with Crippen LogP contribution in [0.5, 0.6) is 0 Å². The molecule has 0 aliphatic heterocycles. The van der Waals surface area contributed by atoms with Gasteiger partial charge in [0.2, 0.25) is 5.91 Å². The summed E-state index contributed by atoms with van der Waals surface area (Å²) in [7, 11) is 1.65. The molecule has 1 aromatic carbocycles. The lowest BCUT2D eigenvalue weighted by molar-refractivity contribution is -0.113. The molecule has 0 atom stereocenters. The van der Waals surface area contributed by atoms with Gasteiger partial charge in [-0.15, -0.1) is 10.2 Å². The molecule has 6 nitrogen and oxygen atoms in total. The van der Waals surface area contributed by atoms with Gasteiger partial charge in [-0.1, -0.05) is 23.4 Å². The molecule has 0 unspecified atom stereocenters. The van der Waals surface area contributed by atoms with Gasteiger partial charge in [-0.05, 0) is 24.6 Å². The molecular weight excluding hydrogens is 343 g/mol. The molecule has 0 saturated heterocycles. The number of benzene rings is 1. The smallest absolute Gasteiger partial charge is 0.234 e. The lowest BCUT2D eigenvalue weighted by Gasteiger charge is -2.07. The number of aromatic nitrogens is 3. The SMILES string of the molecule is COCCCn1cnnc1SCC(=O)Nc1ccc(F)c(Cl)c1. The van der Waals surface area contributed by atoms with Crippen LogP contribution < -0.4 is 5.32 Å². The third kappa shape index (κ3) is 5.49. The molecule has 0 fully saturated rings. The number of hydrogen-bond acceptors (Lipinski definition) is 5. The first kappa shape index (κ1) is 17.7. The molecule has 1 amide bonds. The number of ether oxygens (including phenoxy) is 1. The maximum absolute atomic E-state index is 13.1. The number of carbonyl (C=O) groups is 1. The van der Waals surface area contributed by atoms with E-state index in [0.29, 0.717) is 17.5 Å². The number of halogens is 2. The summed E-state index contributed by atoms with van der Waals surface area (Å²) in [6.07, 6.45) is 2.46. The van der Waals surface area contributed by atoms with Gasteiger partial charge in [-0.2, -0.15) is 0 Å². The van der Waals surface area contributed by atoms with Crippen molar-refractivity contribution in [3.8, 4) is 0 Å². The number of anilines is 1. The normalized spacial score (nSPS) is 10.7. The van der Waals surface area contributed by atoms with Crippen LogP contribution in [0.25, 0.3) is 0 Å². The van der Waals surface area contributed by atoms with Crippen molar-refractivity contribution in [2.75, 3.05) is 24.8 Å². The van der Waals surface area contributed by atoms with E-state index in [1.807, 2.05) is 4.57 Å². The van der Waals surface area contributed by atoms with E-state index >= 15 is 0 Å². The average molecular weight is 359 g/mol. The summed E-state index contributed by atoms with van der Waals surface area (Å²) in [5, 5.41) is 11.1. The Balaban J connectivity index is 1.84. The number of thioether (sulfide) groups is 1. The summed E-state index contributed by atoms with van der Waals surface area (Å²) in [6.45, 7) is 1.37. The second-order valence-electron chi connectivity index (χ2n) is 4.62. The Labute approximate surface area is 142 Å². The summed E-state index contributed by atoms with van der Waals surface area (Å²) < 4.78 is 19.9. The van der Waals surface area contributed by atoms with Crippen LogP contribution in [0.15, 0.2) is 29.7 Å². The number of hydrogen-bond donors (Lipinski definition) is 1. The highest BCUT2D eigenvalue weighted by Gasteiger charge is 2.10. The molecule has 9 heteroatoms. The fourth-order valence-corrected chi connectivity index (χ4v) is 2.71. The standard InChI is InChI=1S/C14H16ClFN4O2S/c1-22-6-2-5-20-9-17-19-14(20)23-8-13(21)18-10-3-4-12(16)11(15)7-10/h3-4,7,9H,2,5-6,8H2,1H3,(H,18,21). The lowest BCUT2D eigenvalue weighted by atomic mass is 10.3. The molecule has 1 heterocycles. The number of carbonyl (C=O) groups excluding carboxylic acids is 1. The van der Waals surface area contributed by atoms with Gasteiger partial charge in [-0.3, -0.25) is 4.79 Å². The molecule has 2 rings (SSSR count). The van der Waals surface area contributed by atoms with Crippen LogP contribution in [0.1, 0.15) is 6.42 Å². The molecule has 1 aromatic heterocycles. The minimum Gasteiger partial charge on any atom is -0.385 e. The van der Waals surface area contributed by atoms with Crippen LogP contribution in [-0.2, 0) is 16.1 Å². The predicted octanol–water partition coefficient (Wildman–Crippen LogP) is 2.84. The van der Waals surface area contributed by atoms with Crippen molar-refractivity contribution in [1.29, 1.82) is 0 Å². The van der Waals surface area contributed by atoms with Gasteiger partial charge >= 0.3 is 0 Å². The van der Waals surface area contributed by atoms with Crippen LogP contribution in [0.2, 0.25) is 5.02 Å². The zero-order valence-electron chi connectivity index (χ0n) is 12.5. The molecular formula is C14H16ClFN4O2S. The third-order valence-corrected chi connectivity index (χ3v) is 4.13. The van der Waals surface area contributed by atoms with Crippen LogP contribution >= 0.6 is 23.4 Å². The number of methoxy groups -OCH3 is 1. The molecule has 0 aliphatic carbocycles. The maximum atomic E-state index is 13.1. The van der Waals surface area contributed by atoms with Crippen molar-refractivity contribution in [1.82, 2.24) is 14.8 Å². The summed E-state index contributed by atoms with van der Waals surface area (Å²) in [4.78, 5) is 11.9. The molecule has 0 bridgehead atoms. The van der Waals surface area contributed by atoms with Crippen molar-refractivity contribution in [2.45, 2.75) is 18.1 Å². The van der Waals surface area contributed by atoms with E-state index in [-0.39, 0.29) is 16.7 Å². The number of nitrogens with zero attached hydrogens (tertiary/aromatic N) is 3. The summed E-state index contributed by atoms with van der Waals surface area (Å²) in [5.41, 5.74) is 0.448. The summed E-state index contributed by atoms with van der Waals surface area (Å²) in [6, 6.07) is 4.03. The van der Waals surface area contributed by atoms with Crippen LogP contribution in [-0.4, -0.2) is 40.1 Å². The van der Waals surface area contributed by atoms with E-state index in [2.05, 4.69) is 15.5 Å². The Morgan fingerprint density at radius 1 is 1.52 bits per heavy atom. The molecule has 23 heavy (non-hydrogen) atoms. The van der Waals surface area contributed by atoms with Crippen molar-refractivity contribution >= 4 is 35.0 Å². The Bertz CT molecular complexity index is 668. The lowest BCUT2D eigenvalue weighted by Crippen LogP contribution is -2.14. The average Bonchev–Trinajstić information content (AvgIpc) is 2.97. The number of amides is 1. The van der Waals surface area contributed by atoms with E-state index in [0.717, 1.165) is 13.0 Å². The fraction of sp³-hybridized carbons (Fsp3) is 0.357. The molecule has 1 N–H and O–H groups in total. The third-order valence-electron chi connectivity index (χ3n) is 2.86. The highest BCUT2D eigenvalue weighted by molar-refractivity contribution is 7.99. The van der Waals surface area contributed by atoms with E-state index < -0.39 is 5.82 Å². The Hall–Kier alpha value is -1.64. The van der Waals surface area contributed by atoms with Gasteiger partial charge in [0.25, 0.3) is 0 Å². The molecule has 0 spiro atoms. The van der Waals surface area contributed by atoms with Crippen molar-refractivity contribution in [2.24, 2.45) is 0 Å². The monoisotopic (exact) mass is 358 g/mol. The van der Waals surface area contributed by atoms with Gasteiger partial charge in [0.15, 0.2) is 5.16 Å². The van der Waals surface area contributed by atoms with Crippen molar-refractivity contribution < 1.29 is 13.9 Å². The highest BCUT2D eigenvalue weighted by Crippen LogP contribution is 2.20. The first-order chi connectivity index (χ1) is 11.1. The Morgan fingerprint density at radius 2 is 2.35 bits per heavy atom. The Kier molecular flexibility index (Phi) is 6.82. The second-order valence-corrected chi connectivity index (χ2v) is 5.97. The van der Waals surface area contributed by atoms with E-state index in [4.69, 9.17) is 16.3 Å². The van der Waals surface area contributed by atoms with E-state index in [1.165, 1.54) is 30.0 Å². The number of rotatable bonds is 8. The second kappa shape index (κ2) is 8.85. The topological polar surface area (TPSA) is 69.0 Å². The van der Waals surface area contributed by atoms with Crippen LogP contribution in [0, 0.1) is 5.82 Å². The molecule has 0 saturated carbocycles. The van der Waals surface area contributed by atoms with E-state index in [1.54, 1.807) is 13.4 Å². The van der Waals surface area contributed by atoms with Gasteiger partial charge in [0.1, 0.15) is 12.1 Å². The zero-order chi connectivity index (χ0) is 16.7. The first-order valence-electron chi connectivity index (χ1n) is 6.84. The molecule has 124 valence electrons. The largest absolute Gasteiger partial charge is 0.385 e.